The first-order chi connectivity index (χ1) is 13.5. The predicted molar refractivity (Wildman–Crippen MR) is 102 cm³/mol. The Balaban J connectivity index is 1.90. The molecule has 0 bridgehead atoms. The number of nitrogens with zero attached hydrogens (tertiary/aromatic N) is 2. The maximum absolute atomic E-state index is 12.6. The maximum Gasteiger partial charge on any atom is 0.335 e. The Labute approximate surface area is 159 Å². The fourth-order valence-corrected chi connectivity index (χ4v) is 4.16. The van der Waals surface area contributed by atoms with Crippen LogP contribution in [0.25, 0.3) is 11.0 Å². The number of H-pyrrole nitrogens is 1. The second-order valence-electron chi connectivity index (χ2n) is 7.31. The average molecular weight is 387 g/mol. The number of aromatic nitrogens is 2. The van der Waals surface area contributed by atoms with Crippen LogP contribution in [0.3, 0.4) is 0 Å². The largest absolute Gasteiger partial charge is 0.335 e. The van der Waals surface area contributed by atoms with Crippen molar-refractivity contribution in [2.75, 3.05) is 18.5 Å². The van der Waals surface area contributed by atoms with Crippen molar-refractivity contribution in [2.45, 2.75) is 38.5 Å². The van der Waals surface area contributed by atoms with E-state index in [1.54, 1.807) is 0 Å². The quantitative estimate of drug-likeness (QED) is 0.399. The van der Waals surface area contributed by atoms with Crippen LogP contribution in [-0.2, 0) is 17.6 Å². The molecule has 148 valence electrons. The Kier molecular flexibility index (Phi) is 4.71. The van der Waals surface area contributed by atoms with Gasteiger partial charge in [0.2, 0.25) is 5.91 Å². The summed E-state index contributed by atoms with van der Waals surface area (Å²) in [5.41, 5.74) is 2.43. The molecular weight excluding hydrogens is 366 g/mol. The number of nitrogens with one attached hydrogen (secondary N) is 3. The minimum absolute atomic E-state index is 0.0847. The first-order valence-electron chi connectivity index (χ1n) is 9.47. The lowest BCUT2D eigenvalue weighted by molar-refractivity contribution is -0.385. The molecule has 1 aliphatic carbocycles. The molecule has 2 aromatic rings. The molecule has 1 aromatic carbocycles. The number of benzene rings is 1. The molecule has 0 spiro atoms. The zero-order valence-corrected chi connectivity index (χ0v) is 15.2. The summed E-state index contributed by atoms with van der Waals surface area (Å²) in [6.45, 7) is 1.39. The molecule has 0 unspecified atom stereocenters. The van der Waals surface area contributed by atoms with Gasteiger partial charge in [-0.15, -0.1) is 0 Å². The Bertz CT molecular complexity index is 1080. The van der Waals surface area contributed by atoms with E-state index in [-0.39, 0.29) is 23.0 Å². The third-order valence-electron chi connectivity index (χ3n) is 5.61. The van der Waals surface area contributed by atoms with Gasteiger partial charge in [0, 0.05) is 17.5 Å². The Hall–Kier alpha value is -3.01. The molecule has 1 saturated heterocycles. The summed E-state index contributed by atoms with van der Waals surface area (Å²) < 4.78 is 0.875. The molecule has 1 fully saturated rings. The lowest BCUT2D eigenvalue weighted by atomic mass is 9.89. The van der Waals surface area contributed by atoms with Crippen molar-refractivity contribution < 1.29 is 9.72 Å². The summed E-state index contributed by atoms with van der Waals surface area (Å²) in [6.07, 6.45) is 4.03. The highest BCUT2D eigenvalue weighted by molar-refractivity contribution is 5.90. The highest BCUT2D eigenvalue weighted by Gasteiger charge is 2.27. The van der Waals surface area contributed by atoms with Crippen molar-refractivity contribution in [3.63, 3.8) is 0 Å². The highest BCUT2D eigenvalue weighted by atomic mass is 16.6. The number of carbonyl (C=O) groups excluding carboxylic acids is 1. The molecule has 2 aliphatic rings. The van der Waals surface area contributed by atoms with E-state index >= 15 is 0 Å². The number of fused-ring (bicyclic) bond motifs is 3. The van der Waals surface area contributed by atoms with Gasteiger partial charge in [-0.2, -0.15) is 0 Å². The molecule has 1 amide bonds. The van der Waals surface area contributed by atoms with Crippen LogP contribution in [0.5, 0.6) is 0 Å². The lowest BCUT2D eigenvalue weighted by Crippen LogP contribution is -2.45. The van der Waals surface area contributed by atoms with E-state index in [1.807, 2.05) is 0 Å². The summed E-state index contributed by atoms with van der Waals surface area (Å²) in [4.78, 5) is 51.0. The van der Waals surface area contributed by atoms with E-state index in [2.05, 4.69) is 15.7 Å². The summed E-state index contributed by atoms with van der Waals surface area (Å²) >= 11 is 0. The molecule has 2 heterocycles. The molecular formula is C18H21N5O5. The smallest absolute Gasteiger partial charge is 0.317 e. The second kappa shape index (κ2) is 7.19. The minimum atomic E-state index is -0.958. The van der Waals surface area contributed by atoms with E-state index in [1.165, 1.54) is 6.07 Å². The van der Waals surface area contributed by atoms with E-state index in [4.69, 9.17) is 0 Å². The van der Waals surface area contributed by atoms with Crippen LogP contribution in [0.15, 0.2) is 15.7 Å². The van der Waals surface area contributed by atoms with Gasteiger partial charge in [0.05, 0.1) is 16.0 Å². The fourth-order valence-electron chi connectivity index (χ4n) is 4.16. The Morgan fingerprint density at radius 3 is 2.54 bits per heavy atom. The van der Waals surface area contributed by atoms with Crippen molar-refractivity contribution in [3.8, 4) is 0 Å². The number of nitro benzene ring substituents is 1. The van der Waals surface area contributed by atoms with Crippen molar-refractivity contribution in [3.05, 3.63) is 48.0 Å². The molecule has 10 heteroatoms. The van der Waals surface area contributed by atoms with Gasteiger partial charge < -0.3 is 10.3 Å². The lowest BCUT2D eigenvalue weighted by Gasteiger charge is -2.23. The number of hydrogen-bond donors (Lipinski definition) is 3. The number of carbonyl (C=O) groups is 1. The van der Waals surface area contributed by atoms with Crippen LogP contribution in [0.1, 0.15) is 36.8 Å². The Morgan fingerprint density at radius 1 is 1.18 bits per heavy atom. The van der Waals surface area contributed by atoms with Gasteiger partial charge >= 0.3 is 11.1 Å². The molecule has 1 aromatic heterocycles. The van der Waals surface area contributed by atoms with Crippen LogP contribution in [0, 0.1) is 16.0 Å². The molecule has 28 heavy (non-hydrogen) atoms. The summed E-state index contributed by atoms with van der Waals surface area (Å²) in [7, 11) is 0. The van der Waals surface area contributed by atoms with Gasteiger partial charge in [0.1, 0.15) is 0 Å². The number of nitro groups is 1. The van der Waals surface area contributed by atoms with E-state index in [0.29, 0.717) is 55.4 Å². The van der Waals surface area contributed by atoms with Gasteiger partial charge in [-0.3, -0.25) is 29.9 Å². The third-order valence-corrected chi connectivity index (χ3v) is 5.61. The topological polar surface area (TPSA) is 139 Å². The van der Waals surface area contributed by atoms with E-state index < -0.39 is 16.0 Å². The zero-order chi connectivity index (χ0) is 19.8. The first-order valence-corrected chi connectivity index (χ1v) is 9.47. The van der Waals surface area contributed by atoms with Crippen molar-refractivity contribution in [1.82, 2.24) is 15.0 Å². The van der Waals surface area contributed by atoms with Gasteiger partial charge in [0.25, 0.3) is 5.69 Å². The molecule has 0 radical (unpaired) electrons. The fraction of sp³-hybridized carbons (Fsp3) is 0.500. The van der Waals surface area contributed by atoms with Gasteiger partial charge in [-0.25, -0.2) is 4.68 Å². The summed E-state index contributed by atoms with van der Waals surface area (Å²) in [5, 5.41) is 14.8. The maximum atomic E-state index is 12.6. The number of aryl methyl sites for hydroxylation is 1. The molecule has 1 aliphatic heterocycles. The van der Waals surface area contributed by atoms with Crippen LogP contribution >= 0.6 is 0 Å². The predicted octanol–water partition coefficient (Wildman–Crippen LogP) is 0.546. The molecule has 0 saturated carbocycles. The second-order valence-corrected chi connectivity index (χ2v) is 7.31. The number of amides is 1. The van der Waals surface area contributed by atoms with Gasteiger partial charge in [0.15, 0.2) is 0 Å². The van der Waals surface area contributed by atoms with E-state index in [9.17, 15) is 24.5 Å². The van der Waals surface area contributed by atoms with Crippen molar-refractivity contribution >= 4 is 22.6 Å². The number of rotatable bonds is 3. The molecule has 3 N–H and O–H groups in total. The third kappa shape index (κ3) is 3.09. The van der Waals surface area contributed by atoms with E-state index in [0.717, 1.165) is 17.5 Å². The monoisotopic (exact) mass is 387 g/mol. The molecule has 4 rings (SSSR count). The summed E-state index contributed by atoms with van der Waals surface area (Å²) in [5.74, 6) is -0.647. The number of aromatic amines is 1. The van der Waals surface area contributed by atoms with Crippen LogP contribution in [0.4, 0.5) is 5.69 Å². The standard InChI is InChI=1S/C18H21N5O5/c24-16(10-5-7-19-8-6-10)21-22-14-9-13(23(27)28)11-3-1-2-4-12(11)15(14)20-17(25)18(22)26/h9-10,19H,1-8H2,(H,20,25)(H,21,24). The number of hydrogen-bond acceptors (Lipinski definition) is 6. The molecule has 10 nitrogen and oxygen atoms in total. The highest BCUT2D eigenvalue weighted by Crippen LogP contribution is 2.34. The van der Waals surface area contributed by atoms with Gasteiger partial charge in [-0.1, -0.05) is 0 Å². The van der Waals surface area contributed by atoms with Crippen molar-refractivity contribution in [1.29, 1.82) is 0 Å². The number of piperidine rings is 1. The minimum Gasteiger partial charge on any atom is -0.317 e. The van der Waals surface area contributed by atoms with Crippen LogP contribution in [-0.4, -0.2) is 33.6 Å². The first kappa shape index (κ1) is 18.4. The molecule has 0 atom stereocenters. The van der Waals surface area contributed by atoms with Crippen LogP contribution < -0.4 is 21.9 Å². The SMILES string of the molecule is O=C(Nn1c(=O)c(=O)[nH]c2c3c(c([N+](=O)[O-])cc21)CCCC3)C1CCNCC1. The zero-order valence-electron chi connectivity index (χ0n) is 15.2. The summed E-state index contributed by atoms with van der Waals surface area (Å²) in [6, 6.07) is 1.28. The van der Waals surface area contributed by atoms with Crippen molar-refractivity contribution in [2.24, 2.45) is 5.92 Å². The Morgan fingerprint density at radius 2 is 1.86 bits per heavy atom. The normalized spacial score (nSPS) is 17.3. The van der Waals surface area contributed by atoms with Crippen LogP contribution in [0.2, 0.25) is 0 Å². The average Bonchev–Trinajstić information content (AvgIpc) is 2.71. The van der Waals surface area contributed by atoms with Gasteiger partial charge in [-0.05, 0) is 57.2 Å².